The first kappa shape index (κ1) is 15.6. The van der Waals surface area contributed by atoms with Crippen LogP contribution >= 0.6 is 0 Å². The summed E-state index contributed by atoms with van der Waals surface area (Å²) < 4.78 is 39.3. The normalized spacial score (nSPS) is 11.2. The molecule has 0 bridgehead atoms. The summed E-state index contributed by atoms with van der Waals surface area (Å²) in [7, 11) is 0. The fraction of sp³-hybridized carbons (Fsp3) is 0.0667. The third-order valence-electron chi connectivity index (χ3n) is 3.01. The van der Waals surface area contributed by atoms with Gasteiger partial charge in [0.05, 0.1) is 16.7 Å². The number of benzene rings is 2. The van der Waals surface area contributed by atoms with Crippen LogP contribution in [0.1, 0.15) is 26.3 Å². The van der Waals surface area contributed by atoms with Crippen LogP contribution in [0.15, 0.2) is 42.5 Å². The van der Waals surface area contributed by atoms with E-state index in [4.69, 9.17) is 10.2 Å². The molecular weight excluding hydrogens is 301 g/mol. The Hall–Kier alpha value is -2.83. The predicted molar refractivity (Wildman–Crippen MR) is 70.8 cm³/mol. The molecule has 0 aromatic heterocycles. The van der Waals surface area contributed by atoms with Gasteiger partial charge in [0.1, 0.15) is 0 Å². The molecule has 7 heteroatoms. The van der Waals surface area contributed by atoms with Crippen molar-refractivity contribution in [3.05, 3.63) is 59.2 Å². The predicted octanol–water partition coefficient (Wildman–Crippen LogP) is 3.77. The van der Waals surface area contributed by atoms with Gasteiger partial charge in [0.15, 0.2) is 0 Å². The van der Waals surface area contributed by atoms with Gasteiger partial charge in [0.25, 0.3) is 0 Å². The highest BCUT2D eigenvalue weighted by Crippen LogP contribution is 2.37. The monoisotopic (exact) mass is 310 g/mol. The Morgan fingerprint density at radius 1 is 0.818 bits per heavy atom. The van der Waals surface area contributed by atoms with Crippen molar-refractivity contribution in [2.45, 2.75) is 6.18 Å². The first-order chi connectivity index (χ1) is 10.2. The van der Waals surface area contributed by atoms with Crippen LogP contribution in [0.25, 0.3) is 11.1 Å². The maximum absolute atomic E-state index is 13.1. The molecule has 0 spiro atoms. The number of carboxylic acids is 2. The molecule has 0 saturated carbocycles. The second-order valence-corrected chi connectivity index (χ2v) is 4.45. The van der Waals surface area contributed by atoms with E-state index in [-0.39, 0.29) is 16.7 Å². The van der Waals surface area contributed by atoms with Crippen molar-refractivity contribution in [3.8, 4) is 11.1 Å². The van der Waals surface area contributed by atoms with Crippen LogP contribution in [0, 0.1) is 0 Å². The van der Waals surface area contributed by atoms with E-state index in [2.05, 4.69) is 0 Å². The molecule has 4 nitrogen and oxygen atoms in total. The van der Waals surface area contributed by atoms with Gasteiger partial charge in [-0.3, -0.25) is 0 Å². The van der Waals surface area contributed by atoms with Crippen LogP contribution < -0.4 is 0 Å². The zero-order valence-corrected chi connectivity index (χ0v) is 10.9. The van der Waals surface area contributed by atoms with E-state index in [0.717, 1.165) is 12.1 Å². The average molecular weight is 310 g/mol. The SMILES string of the molecule is O=C(O)c1ccc(-c2ccc(C(=O)O)cc2C(F)(F)F)cc1. The van der Waals surface area contributed by atoms with E-state index in [0.29, 0.717) is 6.07 Å². The molecule has 0 aliphatic heterocycles. The second kappa shape index (κ2) is 5.51. The van der Waals surface area contributed by atoms with E-state index in [1.165, 1.54) is 24.3 Å². The van der Waals surface area contributed by atoms with E-state index in [9.17, 15) is 22.8 Å². The van der Waals surface area contributed by atoms with Crippen LogP contribution in [0.2, 0.25) is 0 Å². The Morgan fingerprint density at radius 3 is 1.77 bits per heavy atom. The largest absolute Gasteiger partial charge is 0.478 e. The van der Waals surface area contributed by atoms with Crippen molar-refractivity contribution in [2.24, 2.45) is 0 Å². The minimum atomic E-state index is -4.73. The van der Waals surface area contributed by atoms with Crippen molar-refractivity contribution in [3.63, 3.8) is 0 Å². The standard InChI is InChI=1S/C15H9F3O4/c16-15(17,18)12-7-10(14(21)22)5-6-11(12)8-1-3-9(4-2-8)13(19)20/h1-7H,(H,19,20)(H,21,22). The first-order valence-corrected chi connectivity index (χ1v) is 5.98. The first-order valence-electron chi connectivity index (χ1n) is 5.98. The van der Waals surface area contributed by atoms with Crippen molar-refractivity contribution < 1.29 is 33.0 Å². The zero-order chi connectivity index (χ0) is 16.5. The molecule has 114 valence electrons. The van der Waals surface area contributed by atoms with Crippen LogP contribution in [0.5, 0.6) is 0 Å². The Kier molecular flexibility index (Phi) is 3.90. The summed E-state index contributed by atoms with van der Waals surface area (Å²) in [4.78, 5) is 21.6. The molecule has 2 N–H and O–H groups in total. The highest BCUT2D eigenvalue weighted by atomic mass is 19.4. The average Bonchev–Trinajstić information content (AvgIpc) is 2.45. The number of carboxylic acid groups (broad SMARTS) is 2. The molecule has 0 heterocycles. The number of carbonyl (C=O) groups is 2. The molecule has 22 heavy (non-hydrogen) atoms. The van der Waals surface area contributed by atoms with Crippen molar-refractivity contribution in [2.75, 3.05) is 0 Å². The smallest absolute Gasteiger partial charge is 0.417 e. The summed E-state index contributed by atoms with van der Waals surface area (Å²) in [6, 6.07) is 7.54. The third-order valence-corrected chi connectivity index (χ3v) is 3.01. The molecule has 0 aliphatic carbocycles. The molecule has 0 radical (unpaired) electrons. The molecule has 0 atom stereocenters. The van der Waals surface area contributed by atoms with Crippen LogP contribution in [-0.4, -0.2) is 22.2 Å². The van der Waals surface area contributed by atoms with Crippen LogP contribution in [0.3, 0.4) is 0 Å². The number of halogens is 3. The number of aromatic carboxylic acids is 2. The maximum Gasteiger partial charge on any atom is 0.417 e. The summed E-state index contributed by atoms with van der Waals surface area (Å²) >= 11 is 0. The summed E-state index contributed by atoms with van der Waals surface area (Å²) in [6.07, 6.45) is -4.73. The molecule has 2 aromatic carbocycles. The number of hydrogen-bond acceptors (Lipinski definition) is 2. The molecule has 0 unspecified atom stereocenters. The molecule has 0 amide bonds. The van der Waals surface area contributed by atoms with E-state index in [1.54, 1.807) is 0 Å². The molecular formula is C15H9F3O4. The van der Waals surface area contributed by atoms with Crippen molar-refractivity contribution in [1.29, 1.82) is 0 Å². The number of hydrogen-bond donors (Lipinski definition) is 2. The van der Waals surface area contributed by atoms with Gasteiger partial charge in [0, 0.05) is 0 Å². The lowest BCUT2D eigenvalue weighted by atomic mass is 9.96. The quantitative estimate of drug-likeness (QED) is 0.905. The zero-order valence-electron chi connectivity index (χ0n) is 10.9. The van der Waals surface area contributed by atoms with Gasteiger partial charge < -0.3 is 10.2 Å². The van der Waals surface area contributed by atoms with Gasteiger partial charge in [-0.15, -0.1) is 0 Å². The highest BCUT2D eigenvalue weighted by Gasteiger charge is 2.34. The minimum Gasteiger partial charge on any atom is -0.478 e. The molecule has 2 rings (SSSR count). The molecule has 0 aliphatic rings. The number of rotatable bonds is 3. The Balaban J connectivity index is 2.59. The van der Waals surface area contributed by atoms with Crippen molar-refractivity contribution >= 4 is 11.9 Å². The van der Waals surface area contributed by atoms with Gasteiger partial charge in [0.2, 0.25) is 0 Å². The fourth-order valence-corrected chi connectivity index (χ4v) is 1.96. The van der Waals surface area contributed by atoms with Gasteiger partial charge in [-0.25, -0.2) is 9.59 Å². The number of alkyl halides is 3. The van der Waals surface area contributed by atoms with Gasteiger partial charge in [-0.1, -0.05) is 18.2 Å². The summed E-state index contributed by atoms with van der Waals surface area (Å²) in [6.45, 7) is 0. The van der Waals surface area contributed by atoms with Gasteiger partial charge in [-0.05, 0) is 35.4 Å². The van der Waals surface area contributed by atoms with Crippen LogP contribution in [-0.2, 0) is 6.18 Å². The molecule has 2 aromatic rings. The van der Waals surface area contributed by atoms with Gasteiger partial charge in [-0.2, -0.15) is 13.2 Å². The van der Waals surface area contributed by atoms with Crippen LogP contribution in [0.4, 0.5) is 13.2 Å². The molecule has 0 saturated heterocycles. The highest BCUT2D eigenvalue weighted by molar-refractivity contribution is 5.90. The topological polar surface area (TPSA) is 74.6 Å². The Bertz CT molecular complexity index is 733. The summed E-state index contributed by atoms with van der Waals surface area (Å²) in [5.74, 6) is -2.65. The Morgan fingerprint density at radius 2 is 1.32 bits per heavy atom. The lowest BCUT2D eigenvalue weighted by molar-refractivity contribution is -0.137. The summed E-state index contributed by atoms with van der Waals surface area (Å²) in [5, 5.41) is 17.6. The Labute approximate surface area is 122 Å². The summed E-state index contributed by atoms with van der Waals surface area (Å²) in [5.41, 5.74) is -1.68. The fourth-order valence-electron chi connectivity index (χ4n) is 1.96. The lowest BCUT2D eigenvalue weighted by Crippen LogP contribution is -2.09. The van der Waals surface area contributed by atoms with E-state index in [1.807, 2.05) is 0 Å². The van der Waals surface area contributed by atoms with Crippen molar-refractivity contribution in [1.82, 2.24) is 0 Å². The lowest BCUT2D eigenvalue weighted by Gasteiger charge is -2.14. The minimum absolute atomic E-state index is 0.0561. The molecule has 0 fully saturated rings. The maximum atomic E-state index is 13.1. The van der Waals surface area contributed by atoms with E-state index >= 15 is 0 Å². The third kappa shape index (κ3) is 3.08. The van der Waals surface area contributed by atoms with E-state index < -0.39 is 29.2 Å². The second-order valence-electron chi connectivity index (χ2n) is 4.45. The van der Waals surface area contributed by atoms with Gasteiger partial charge >= 0.3 is 18.1 Å².